The lowest BCUT2D eigenvalue weighted by Gasteiger charge is -2.31. The fourth-order valence-electron chi connectivity index (χ4n) is 11.4. The van der Waals surface area contributed by atoms with Gasteiger partial charge < -0.3 is 30.1 Å². The molecule has 3 aromatic carbocycles. The molecule has 4 aromatic heterocycles. The summed E-state index contributed by atoms with van der Waals surface area (Å²) in [5, 5.41) is 30.1. The zero-order valence-corrected chi connectivity index (χ0v) is 50.7. The van der Waals surface area contributed by atoms with Gasteiger partial charge in [0.1, 0.15) is 47.2 Å². The van der Waals surface area contributed by atoms with Crippen molar-refractivity contribution in [2.24, 2.45) is 13.0 Å². The Morgan fingerprint density at radius 1 is 0.957 bits per heavy atom. The van der Waals surface area contributed by atoms with Crippen molar-refractivity contribution in [3.63, 3.8) is 0 Å². The van der Waals surface area contributed by atoms with Crippen molar-refractivity contribution >= 4 is 86.9 Å². The van der Waals surface area contributed by atoms with E-state index in [9.17, 15) is 74.1 Å². The van der Waals surface area contributed by atoms with E-state index in [4.69, 9.17) is 20.9 Å². The summed E-state index contributed by atoms with van der Waals surface area (Å²) < 4.78 is 183. The van der Waals surface area contributed by atoms with Gasteiger partial charge in [-0.15, -0.1) is 0 Å². The number of halogens is 10. The fraction of sp³-hybridized carbons (Fsp3) is 0.382. The average Bonchev–Trinajstić information content (AvgIpc) is 1.46. The highest BCUT2D eigenvalue weighted by Gasteiger charge is 2.67. The van der Waals surface area contributed by atoms with E-state index >= 15 is 27.2 Å². The van der Waals surface area contributed by atoms with E-state index < -0.39 is 225 Å². The Balaban J connectivity index is 1.20. The van der Waals surface area contributed by atoms with E-state index in [1.807, 2.05) is 5.32 Å². The number of phosphoric acid groups is 1. The molecular formula is C55H51ClF9N10O15PS. The summed E-state index contributed by atoms with van der Waals surface area (Å²) in [4.78, 5) is 110. The van der Waals surface area contributed by atoms with Crippen LogP contribution in [0.25, 0.3) is 27.6 Å². The minimum Gasteiger partial charge on any atom is -0.481 e. The second kappa shape index (κ2) is 24.8. The minimum absolute atomic E-state index is 0.145. The van der Waals surface area contributed by atoms with Crippen molar-refractivity contribution in [2.75, 3.05) is 17.2 Å². The molecule has 2 aliphatic carbocycles. The summed E-state index contributed by atoms with van der Waals surface area (Å²) >= 11 is 6.90. The van der Waals surface area contributed by atoms with Gasteiger partial charge in [-0.05, 0) is 72.4 Å². The van der Waals surface area contributed by atoms with Gasteiger partial charge in [-0.3, -0.25) is 47.7 Å². The number of rotatable bonds is 24. The number of aryl methyl sites for hydroxylation is 2. The number of carbonyl (C=O) groups is 5. The summed E-state index contributed by atoms with van der Waals surface area (Å²) in [7, 11) is -9.33. The number of phosphoric ester groups is 1. The number of nitrogens with one attached hydrogen (secondary N) is 2. The highest BCUT2D eigenvalue weighted by Crippen LogP contribution is 2.68. The molecule has 2 aliphatic rings. The van der Waals surface area contributed by atoms with Gasteiger partial charge in [0.2, 0.25) is 33.6 Å². The van der Waals surface area contributed by atoms with Gasteiger partial charge >= 0.3 is 25.9 Å². The molecule has 0 unspecified atom stereocenters. The molecule has 6 N–H and O–H groups in total. The SMILES string of the molecule is Cc1cc(CC(=O)N[C@@H](CC(=O)O)C(=O)O)c(C(C)(C)CC(=O)N(c2nn(C)c3c(-n4c([C@H](Cc5cc(F)cc(F)c5)NC(=O)Cn5nc(C(F)F)c6c5C(F)(F)[C@@H]5C[C@H]65)nc5nc(OCCC(F)(F)F)ccc5c4=O)ccc(Cl)c23)S(C)(=O)=O)c(OP(=O)(O)O)c1. The Labute approximate surface area is 517 Å². The molecule has 25 nitrogen and oxygen atoms in total. The third kappa shape index (κ3) is 14.2. The number of pyridine rings is 1. The number of fused-ring (bicyclic) bond motifs is 5. The van der Waals surface area contributed by atoms with Crippen LogP contribution in [0.5, 0.6) is 11.6 Å². The molecule has 0 radical (unpaired) electrons. The van der Waals surface area contributed by atoms with Crippen LogP contribution < -0.4 is 29.8 Å². The molecule has 7 aromatic rings. The van der Waals surface area contributed by atoms with Gasteiger partial charge in [-0.2, -0.15) is 41.4 Å². The maximum atomic E-state index is 15.8. The number of carboxylic acids is 2. The van der Waals surface area contributed by atoms with E-state index in [1.165, 1.54) is 26.8 Å². The predicted octanol–water partition coefficient (Wildman–Crippen LogP) is 7.40. The molecule has 92 heavy (non-hydrogen) atoms. The van der Waals surface area contributed by atoms with Crippen LogP contribution in [-0.2, 0) is 76.3 Å². The molecule has 0 aliphatic heterocycles. The smallest absolute Gasteiger partial charge is 0.481 e. The molecule has 4 heterocycles. The molecule has 0 spiro atoms. The van der Waals surface area contributed by atoms with Crippen LogP contribution in [0.1, 0.15) is 103 Å². The number of benzene rings is 3. The van der Waals surface area contributed by atoms with Crippen LogP contribution in [0.15, 0.2) is 59.4 Å². The van der Waals surface area contributed by atoms with Gasteiger partial charge in [-0.1, -0.05) is 31.5 Å². The van der Waals surface area contributed by atoms with Crippen molar-refractivity contribution < 1.29 is 106 Å². The van der Waals surface area contributed by atoms with Crippen LogP contribution in [-0.4, -0.2) is 117 Å². The molecular weight excluding hydrogens is 1310 g/mol. The Kier molecular flexibility index (Phi) is 18.2. The van der Waals surface area contributed by atoms with Crippen molar-refractivity contribution in [3.05, 3.63) is 127 Å². The first-order chi connectivity index (χ1) is 42.6. The van der Waals surface area contributed by atoms with Gasteiger partial charge in [0, 0.05) is 54.5 Å². The fourth-order valence-corrected chi connectivity index (χ4v) is 12.9. The summed E-state index contributed by atoms with van der Waals surface area (Å²) in [6, 6.07) is 4.71. The Bertz CT molecular complexity index is 4430. The van der Waals surface area contributed by atoms with Crippen LogP contribution in [0.2, 0.25) is 5.02 Å². The van der Waals surface area contributed by atoms with Gasteiger partial charge in [0.25, 0.3) is 17.9 Å². The molecule has 3 amide bonds. The standard InChI is InChI=1S/C55H51ClF9N10O15PS/c1-23-12-25(17-36(76)67-33(52(82)83)20-40(79)80)43(35(13-23)90-91(84,85)86)53(2,3)21-39(78)75(92(5,87)88)50-42-31(56)7-8-34(45(42)72(4)71-50)74-49(69-48-28(51(74)81)6-9-38(68-48)89-11-10-54(61,62)63)32(16-24-14-26(57)18-27(58)15-24)66-37(77)22-73-46-41(44(70-73)47(59)60)29-19-30(29)55(46,64)65/h6-9,12-15,18,29-30,32-33,47H,10-11,16-17,19-22H2,1-5H3,(H,66,77)(H,67,76)(H,79,80)(H,82,83)(H2,84,85,86)/t29-,30+,32-,33-/m0/s1. The number of alkyl halides is 7. The zero-order chi connectivity index (χ0) is 67.8. The number of anilines is 1. The first-order valence-electron chi connectivity index (χ1n) is 27.1. The van der Waals surface area contributed by atoms with E-state index in [0.717, 1.165) is 58.8 Å². The van der Waals surface area contributed by atoms with E-state index in [1.54, 1.807) is 0 Å². The number of nitrogens with zero attached hydrogens (tertiary/aromatic N) is 8. The van der Waals surface area contributed by atoms with Gasteiger partial charge in [0.15, 0.2) is 11.5 Å². The minimum atomic E-state index is -5.53. The molecule has 9 rings (SSSR count). The molecule has 1 saturated carbocycles. The highest BCUT2D eigenvalue weighted by atomic mass is 35.5. The topological polar surface area (TPSA) is 347 Å². The van der Waals surface area contributed by atoms with E-state index in [0.29, 0.717) is 17.0 Å². The zero-order valence-electron chi connectivity index (χ0n) is 48.2. The van der Waals surface area contributed by atoms with E-state index in [2.05, 4.69) is 25.5 Å². The number of amides is 3. The van der Waals surface area contributed by atoms with Crippen molar-refractivity contribution in [1.29, 1.82) is 0 Å². The maximum absolute atomic E-state index is 15.8. The number of hydrogen-bond donors (Lipinski definition) is 6. The maximum Gasteiger partial charge on any atom is 0.524 e. The van der Waals surface area contributed by atoms with Crippen LogP contribution in [0.4, 0.5) is 45.3 Å². The van der Waals surface area contributed by atoms with Crippen LogP contribution in [0, 0.1) is 24.5 Å². The third-order valence-electron chi connectivity index (χ3n) is 14.9. The largest absolute Gasteiger partial charge is 0.524 e. The number of aromatic nitrogens is 7. The molecule has 0 saturated heterocycles. The highest BCUT2D eigenvalue weighted by molar-refractivity contribution is 7.92. The molecule has 492 valence electrons. The average molecular weight is 1360 g/mol. The Hall–Kier alpha value is -8.66. The van der Waals surface area contributed by atoms with Gasteiger partial charge in [0.05, 0.1) is 65.2 Å². The molecule has 0 bridgehead atoms. The molecule has 1 fully saturated rings. The number of hydrogen-bond acceptors (Lipinski definition) is 15. The lowest BCUT2D eigenvalue weighted by molar-refractivity contribution is -0.147. The monoisotopic (exact) mass is 1360 g/mol. The Morgan fingerprint density at radius 3 is 2.24 bits per heavy atom. The van der Waals surface area contributed by atoms with Crippen molar-refractivity contribution in [1.82, 2.24) is 44.7 Å². The number of carboxylic acid groups (broad SMARTS) is 2. The second-order valence-electron chi connectivity index (χ2n) is 22.5. The predicted molar refractivity (Wildman–Crippen MR) is 303 cm³/mol. The summed E-state index contributed by atoms with van der Waals surface area (Å²) in [6.07, 6.45) is -12.9. The van der Waals surface area contributed by atoms with Crippen LogP contribution >= 0.6 is 19.4 Å². The molecule has 4 atom stereocenters. The van der Waals surface area contributed by atoms with Crippen molar-refractivity contribution in [3.8, 4) is 17.3 Å². The number of ether oxygens (including phenoxy) is 1. The van der Waals surface area contributed by atoms with E-state index in [-0.39, 0.29) is 38.5 Å². The first-order valence-corrected chi connectivity index (χ1v) is 30.9. The second-order valence-corrected chi connectivity index (χ2v) is 25.9. The lowest BCUT2D eigenvalue weighted by atomic mass is 9.77. The Morgan fingerprint density at radius 2 is 1.63 bits per heavy atom. The number of carbonyl (C=O) groups excluding carboxylic acids is 3. The summed E-state index contributed by atoms with van der Waals surface area (Å²) in [5.74, 6) is -18.4. The van der Waals surface area contributed by atoms with Gasteiger partial charge in [-0.25, -0.2) is 40.3 Å². The summed E-state index contributed by atoms with van der Waals surface area (Å²) in [6.45, 7) is 1.69. The quantitative estimate of drug-likeness (QED) is 0.0253. The number of sulfonamides is 1. The number of aliphatic carboxylic acids is 2. The normalized spacial score (nSPS) is 16.1. The first kappa shape index (κ1) is 67.7. The van der Waals surface area contributed by atoms with Crippen LogP contribution in [0.3, 0.4) is 0 Å². The van der Waals surface area contributed by atoms with Crippen molar-refractivity contribution in [2.45, 2.75) is 108 Å². The third-order valence-corrected chi connectivity index (χ3v) is 16.7. The molecule has 37 heteroatoms. The lowest BCUT2D eigenvalue weighted by Crippen LogP contribution is -2.43. The summed E-state index contributed by atoms with van der Waals surface area (Å²) in [5.41, 5.74) is -7.55.